The van der Waals surface area contributed by atoms with Gasteiger partial charge in [-0.25, -0.2) is 0 Å². The Kier molecular flexibility index (Phi) is 4.07. The molecule has 5 heteroatoms. The monoisotopic (exact) mass is 257 g/mol. The third kappa shape index (κ3) is 3.77. The zero-order valence-corrected chi connectivity index (χ0v) is 10.7. The van der Waals surface area contributed by atoms with Crippen molar-refractivity contribution in [3.05, 3.63) is 64.0 Å². The van der Waals surface area contributed by atoms with Gasteiger partial charge in [0, 0.05) is 36.8 Å². The summed E-state index contributed by atoms with van der Waals surface area (Å²) in [5, 5.41) is 14.0. The molecule has 2 rings (SSSR count). The molecular weight excluding hydrogens is 242 g/mol. The highest BCUT2D eigenvalue weighted by Gasteiger charge is 2.07. The van der Waals surface area contributed by atoms with Crippen LogP contribution >= 0.6 is 0 Å². The Morgan fingerprint density at radius 3 is 2.89 bits per heavy atom. The second-order valence-electron chi connectivity index (χ2n) is 4.35. The van der Waals surface area contributed by atoms with Crippen molar-refractivity contribution in [3.8, 4) is 0 Å². The number of nitrogens with one attached hydrogen (secondary N) is 1. The summed E-state index contributed by atoms with van der Waals surface area (Å²) in [5.41, 5.74) is 2.90. The molecule has 0 fully saturated rings. The van der Waals surface area contributed by atoms with Crippen LogP contribution < -0.4 is 5.32 Å². The molecular formula is C14H15N3O2. The fourth-order valence-corrected chi connectivity index (χ4v) is 1.87. The number of benzene rings is 1. The van der Waals surface area contributed by atoms with Crippen LogP contribution in [0.25, 0.3) is 0 Å². The number of rotatable bonds is 5. The number of non-ortho nitro benzene ring substituents is 1. The molecule has 1 aromatic heterocycles. The zero-order valence-electron chi connectivity index (χ0n) is 10.7. The van der Waals surface area contributed by atoms with Crippen molar-refractivity contribution in [1.82, 2.24) is 4.98 Å². The molecule has 1 N–H and O–H groups in total. The first-order chi connectivity index (χ1) is 9.15. The van der Waals surface area contributed by atoms with Crippen molar-refractivity contribution in [2.24, 2.45) is 0 Å². The first-order valence-corrected chi connectivity index (χ1v) is 6.04. The number of anilines is 1. The highest BCUT2D eigenvalue weighted by atomic mass is 16.6. The van der Waals surface area contributed by atoms with Crippen LogP contribution in [0, 0.1) is 17.0 Å². The highest BCUT2D eigenvalue weighted by molar-refractivity contribution is 5.53. The first kappa shape index (κ1) is 13.0. The molecule has 2 aromatic rings. The predicted octanol–water partition coefficient (Wildman–Crippen LogP) is 2.95. The Morgan fingerprint density at radius 2 is 2.21 bits per heavy atom. The van der Waals surface area contributed by atoms with Gasteiger partial charge in [-0.15, -0.1) is 0 Å². The molecule has 0 bridgehead atoms. The van der Waals surface area contributed by atoms with E-state index in [1.165, 1.54) is 0 Å². The Labute approximate surface area is 111 Å². The fourth-order valence-electron chi connectivity index (χ4n) is 1.87. The Hall–Kier alpha value is -2.43. The minimum atomic E-state index is -0.376. The van der Waals surface area contributed by atoms with E-state index in [2.05, 4.69) is 10.3 Å². The Bertz CT molecular complexity index is 570. The summed E-state index contributed by atoms with van der Waals surface area (Å²) in [5.74, 6) is 0. The summed E-state index contributed by atoms with van der Waals surface area (Å²) in [4.78, 5) is 14.4. The van der Waals surface area contributed by atoms with Gasteiger partial charge in [0.2, 0.25) is 0 Å². The van der Waals surface area contributed by atoms with Gasteiger partial charge in [0.1, 0.15) is 0 Å². The van der Waals surface area contributed by atoms with Gasteiger partial charge in [0.25, 0.3) is 5.69 Å². The van der Waals surface area contributed by atoms with Crippen molar-refractivity contribution in [1.29, 1.82) is 0 Å². The van der Waals surface area contributed by atoms with Gasteiger partial charge >= 0.3 is 0 Å². The van der Waals surface area contributed by atoms with Crippen LogP contribution in [0.3, 0.4) is 0 Å². The molecule has 0 radical (unpaired) electrons. The lowest BCUT2D eigenvalue weighted by Crippen LogP contribution is -2.05. The van der Waals surface area contributed by atoms with Crippen LogP contribution in [-0.2, 0) is 6.42 Å². The lowest BCUT2D eigenvalue weighted by Gasteiger charge is -2.07. The molecule has 19 heavy (non-hydrogen) atoms. The van der Waals surface area contributed by atoms with E-state index in [0.717, 1.165) is 23.2 Å². The van der Waals surface area contributed by atoms with E-state index in [4.69, 9.17) is 0 Å². The van der Waals surface area contributed by atoms with E-state index < -0.39 is 0 Å². The summed E-state index contributed by atoms with van der Waals surface area (Å²) < 4.78 is 0. The summed E-state index contributed by atoms with van der Waals surface area (Å²) >= 11 is 0. The summed E-state index contributed by atoms with van der Waals surface area (Å²) in [6.45, 7) is 2.56. The topological polar surface area (TPSA) is 68.1 Å². The van der Waals surface area contributed by atoms with Crippen molar-refractivity contribution < 1.29 is 4.92 Å². The zero-order chi connectivity index (χ0) is 13.7. The molecule has 0 amide bonds. The highest BCUT2D eigenvalue weighted by Crippen LogP contribution is 2.20. The maximum Gasteiger partial charge on any atom is 0.271 e. The van der Waals surface area contributed by atoms with E-state index in [-0.39, 0.29) is 10.6 Å². The Balaban J connectivity index is 1.98. The number of nitrogens with zero attached hydrogens (tertiary/aromatic N) is 2. The van der Waals surface area contributed by atoms with Crippen LogP contribution in [0.15, 0.2) is 42.7 Å². The molecule has 0 aliphatic heterocycles. The summed E-state index contributed by atoms with van der Waals surface area (Å²) in [7, 11) is 0. The van der Waals surface area contributed by atoms with Crippen LogP contribution in [0.5, 0.6) is 0 Å². The van der Waals surface area contributed by atoms with E-state index >= 15 is 0 Å². The van der Waals surface area contributed by atoms with Crippen molar-refractivity contribution >= 4 is 11.4 Å². The lowest BCUT2D eigenvalue weighted by atomic mass is 10.2. The number of aryl methyl sites for hydroxylation is 1. The van der Waals surface area contributed by atoms with Gasteiger partial charge in [-0.2, -0.15) is 0 Å². The molecule has 0 aliphatic carbocycles. The second kappa shape index (κ2) is 5.95. The molecule has 98 valence electrons. The first-order valence-electron chi connectivity index (χ1n) is 6.04. The van der Waals surface area contributed by atoms with Gasteiger partial charge in [0.15, 0.2) is 0 Å². The van der Waals surface area contributed by atoms with Gasteiger partial charge < -0.3 is 5.32 Å². The standard InChI is InChI=1S/C14H15N3O2/c1-11-7-13(9-14(8-11)17(18)19)16-6-4-12-3-2-5-15-10-12/h2-3,5,7-10,16H,4,6H2,1H3. The third-order valence-corrected chi connectivity index (χ3v) is 2.74. The number of nitro groups is 1. The average molecular weight is 257 g/mol. The van der Waals surface area contributed by atoms with Crippen molar-refractivity contribution in [2.75, 3.05) is 11.9 Å². The molecule has 0 atom stereocenters. The van der Waals surface area contributed by atoms with E-state index in [1.54, 1.807) is 18.3 Å². The maximum absolute atomic E-state index is 10.8. The fraction of sp³-hybridized carbons (Fsp3) is 0.214. The van der Waals surface area contributed by atoms with Crippen LogP contribution in [0.2, 0.25) is 0 Å². The smallest absolute Gasteiger partial charge is 0.271 e. The normalized spacial score (nSPS) is 10.2. The Morgan fingerprint density at radius 1 is 1.37 bits per heavy atom. The summed E-state index contributed by atoms with van der Waals surface area (Å²) in [6, 6.07) is 8.92. The van der Waals surface area contributed by atoms with Gasteiger partial charge in [0.05, 0.1) is 4.92 Å². The molecule has 0 unspecified atom stereocenters. The van der Waals surface area contributed by atoms with Gasteiger partial charge in [-0.3, -0.25) is 15.1 Å². The van der Waals surface area contributed by atoms with E-state index in [9.17, 15) is 10.1 Å². The van der Waals surface area contributed by atoms with E-state index in [0.29, 0.717) is 6.54 Å². The van der Waals surface area contributed by atoms with Gasteiger partial charge in [-0.1, -0.05) is 6.07 Å². The predicted molar refractivity (Wildman–Crippen MR) is 74.3 cm³/mol. The second-order valence-corrected chi connectivity index (χ2v) is 4.35. The van der Waals surface area contributed by atoms with Crippen LogP contribution in [0.4, 0.5) is 11.4 Å². The number of aromatic nitrogens is 1. The SMILES string of the molecule is Cc1cc(NCCc2cccnc2)cc([N+](=O)[O-])c1. The average Bonchev–Trinajstić information content (AvgIpc) is 2.39. The van der Waals surface area contributed by atoms with Crippen molar-refractivity contribution in [3.63, 3.8) is 0 Å². The van der Waals surface area contributed by atoms with Crippen LogP contribution in [-0.4, -0.2) is 16.5 Å². The minimum absolute atomic E-state index is 0.115. The molecule has 0 aliphatic rings. The number of hydrogen-bond donors (Lipinski definition) is 1. The molecule has 0 saturated carbocycles. The number of hydrogen-bond acceptors (Lipinski definition) is 4. The third-order valence-electron chi connectivity index (χ3n) is 2.74. The lowest BCUT2D eigenvalue weighted by molar-refractivity contribution is -0.384. The maximum atomic E-state index is 10.8. The largest absolute Gasteiger partial charge is 0.385 e. The number of pyridine rings is 1. The minimum Gasteiger partial charge on any atom is -0.385 e. The number of nitro benzene ring substituents is 1. The molecule has 0 saturated heterocycles. The van der Waals surface area contributed by atoms with Crippen molar-refractivity contribution in [2.45, 2.75) is 13.3 Å². The molecule has 0 spiro atoms. The van der Waals surface area contributed by atoms with Crippen LogP contribution in [0.1, 0.15) is 11.1 Å². The molecule has 1 aromatic carbocycles. The quantitative estimate of drug-likeness (QED) is 0.660. The van der Waals surface area contributed by atoms with E-state index in [1.807, 2.05) is 31.3 Å². The molecule has 1 heterocycles. The van der Waals surface area contributed by atoms with Gasteiger partial charge in [-0.05, 0) is 36.6 Å². The molecule has 5 nitrogen and oxygen atoms in total. The summed E-state index contributed by atoms with van der Waals surface area (Å²) in [6.07, 6.45) is 4.39.